The zero-order valence-corrected chi connectivity index (χ0v) is 9.81. The molecule has 1 nitrogen and oxygen atoms in total. The lowest BCUT2D eigenvalue weighted by Crippen LogP contribution is -2.43. The maximum atomic E-state index is 12.2. The Kier molecular flexibility index (Phi) is 1.64. The van der Waals surface area contributed by atoms with Crippen molar-refractivity contribution >= 4 is 5.78 Å². The van der Waals surface area contributed by atoms with Gasteiger partial charge in [-0.05, 0) is 42.9 Å². The van der Waals surface area contributed by atoms with Crippen LogP contribution in [-0.2, 0) is 4.79 Å². The average molecular weight is 204 g/mol. The number of carbonyl (C=O) groups excluding carboxylic acids is 1. The van der Waals surface area contributed by atoms with Crippen molar-refractivity contribution in [3.05, 3.63) is 12.2 Å². The van der Waals surface area contributed by atoms with Gasteiger partial charge < -0.3 is 0 Å². The molecule has 0 heterocycles. The highest BCUT2D eigenvalue weighted by Gasteiger charge is 2.62. The van der Waals surface area contributed by atoms with Gasteiger partial charge in [0.15, 0.2) is 0 Å². The molecule has 0 aromatic carbocycles. The molecule has 3 fully saturated rings. The van der Waals surface area contributed by atoms with Crippen molar-refractivity contribution in [1.82, 2.24) is 0 Å². The quantitative estimate of drug-likeness (QED) is 0.553. The molecule has 0 N–H and O–H groups in total. The van der Waals surface area contributed by atoms with Crippen LogP contribution in [-0.4, -0.2) is 5.78 Å². The van der Waals surface area contributed by atoms with Gasteiger partial charge in [0, 0.05) is 11.8 Å². The van der Waals surface area contributed by atoms with E-state index in [-0.39, 0.29) is 10.8 Å². The van der Waals surface area contributed by atoms with E-state index in [9.17, 15) is 4.79 Å². The Balaban J connectivity index is 2.13. The SMILES string of the molecule is C=C1[C@@H]2CC[C@]3(C2)C(=O)CCC3C1(C)C. The molecule has 3 rings (SSSR count). The summed E-state index contributed by atoms with van der Waals surface area (Å²) in [5.74, 6) is 1.79. The highest BCUT2D eigenvalue weighted by Crippen LogP contribution is 2.67. The van der Waals surface area contributed by atoms with E-state index in [4.69, 9.17) is 0 Å². The Labute approximate surface area is 91.9 Å². The van der Waals surface area contributed by atoms with E-state index in [1.165, 1.54) is 12.0 Å². The Bertz CT molecular complexity index is 352. The van der Waals surface area contributed by atoms with E-state index < -0.39 is 0 Å². The molecule has 1 unspecified atom stereocenters. The number of fused-ring (bicyclic) bond motifs is 1. The van der Waals surface area contributed by atoms with Gasteiger partial charge in [0.2, 0.25) is 0 Å². The number of Topliss-reactive ketones (excluding diaryl/α,β-unsaturated/α-hetero) is 1. The Morgan fingerprint density at radius 2 is 2.07 bits per heavy atom. The Morgan fingerprint density at radius 1 is 1.33 bits per heavy atom. The van der Waals surface area contributed by atoms with Gasteiger partial charge in [-0.1, -0.05) is 26.0 Å². The summed E-state index contributed by atoms with van der Waals surface area (Å²) in [6.45, 7) is 8.94. The second kappa shape index (κ2) is 2.56. The second-order valence-corrected chi connectivity index (χ2v) is 6.36. The zero-order valence-electron chi connectivity index (χ0n) is 9.81. The van der Waals surface area contributed by atoms with E-state index >= 15 is 0 Å². The number of hydrogen-bond acceptors (Lipinski definition) is 1. The molecule has 0 aliphatic heterocycles. The number of carbonyl (C=O) groups is 1. The molecule has 0 aromatic heterocycles. The smallest absolute Gasteiger partial charge is 0.139 e. The molecule has 0 amide bonds. The van der Waals surface area contributed by atoms with E-state index in [1.54, 1.807) is 0 Å². The van der Waals surface area contributed by atoms with Crippen LogP contribution < -0.4 is 0 Å². The molecule has 82 valence electrons. The third-order valence-electron chi connectivity index (χ3n) is 5.62. The molecule has 15 heavy (non-hydrogen) atoms. The zero-order chi connectivity index (χ0) is 10.8. The number of hydrogen-bond donors (Lipinski definition) is 0. The van der Waals surface area contributed by atoms with Gasteiger partial charge in [-0.15, -0.1) is 0 Å². The van der Waals surface area contributed by atoms with Crippen molar-refractivity contribution in [2.75, 3.05) is 0 Å². The predicted octanol–water partition coefficient (Wildman–Crippen LogP) is 3.35. The van der Waals surface area contributed by atoms with Crippen LogP contribution >= 0.6 is 0 Å². The van der Waals surface area contributed by atoms with Crippen LogP contribution in [0.1, 0.15) is 46.0 Å². The largest absolute Gasteiger partial charge is 0.299 e. The predicted molar refractivity (Wildman–Crippen MR) is 60.4 cm³/mol. The van der Waals surface area contributed by atoms with Crippen molar-refractivity contribution < 1.29 is 4.79 Å². The molecular formula is C14H20O. The summed E-state index contributed by atoms with van der Waals surface area (Å²) >= 11 is 0. The van der Waals surface area contributed by atoms with Gasteiger partial charge in [0.1, 0.15) is 5.78 Å². The summed E-state index contributed by atoms with van der Waals surface area (Å²) in [4.78, 5) is 12.2. The van der Waals surface area contributed by atoms with Gasteiger partial charge >= 0.3 is 0 Å². The van der Waals surface area contributed by atoms with Crippen LogP contribution in [0.25, 0.3) is 0 Å². The Morgan fingerprint density at radius 3 is 2.80 bits per heavy atom. The Hall–Kier alpha value is -0.590. The lowest BCUT2D eigenvalue weighted by atomic mass is 9.56. The standard InChI is InChI=1S/C14H20O/c1-9-10-6-7-14(8-10)11(13(9,2)3)4-5-12(14)15/h10-11H,1,4-8H2,2-3H3/t10-,11?,14-/m1/s1. The van der Waals surface area contributed by atoms with E-state index in [2.05, 4.69) is 20.4 Å². The molecule has 3 saturated carbocycles. The van der Waals surface area contributed by atoms with Crippen LogP contribution in [0.2, 0.25) is 0 Å². The summed E-state index contributed by atoms with van der Waals surface area (Å²) < 4.78 is 0. The van der Waals surface area contributed by atoms with Crippen molar-refractivity contribution in [3.63, 3.8) is 0 Å². The third-order valence-corrected chi connectivity index (χ3v) is 5.62. The van der Waals surface area contributed by atoms with Gasteiger partial charge in [-0.3, -0.25) is 4.79 Å². The van der Waals surface area contributed by atoms with Gasteiger partial charge in [-0.2, -0.15) is 0 Å². The average Bonchev–Trinajstić information content (AvgIpc) is 2.71. The van der Waals surface area contributed by atoms with E-state index in [1.807, 2.05) is 0 Å². The maximum absolute atomic E-state index is 12.2. The van der Waals surface area contributed by atoms with Crippen molar-refractivity contribution in [3.8, 4) is 0 Å². The number of allylic oxidation sites excluding steroid dienone is 1. The first kappa shape index (κ1) is 9.62. The summed E-state index contributed by atoms with van der Waals surface area (Å²) in [7, 11) is 0. The van der Waals surface area contributed by atoms with Gasteiger partial charge in [0.05, 0.1) is 0 Å². The van der Waals surface area contributed by atoms with E-state index in [0.717, 1.165) is 25.7 Å². The minimum atomic E-state index is 0.0787. The molecule has 3 atom stereocenters. The molecule has 3 aliphatic rings. The first-order chi connectivity index (χ1) is 6.98. The highest BCUT2D eigenvalue weighted by molar-refractivity contribution is 5.88. The first-order valence-electron chi connectivity index (χ1n) is 6.21. The summed E-state index contributed by atoms with van der Waals surface area (Å²) in [6, 6.07) is 0. The van der Waals surface area contributed by atoms with Gasteiger partial charge in [-0.25, -0.2) is 0 Å². The third kappa shape index (κ3) is 0.926. The normalized spacial score (nSPS) is 47.1. The molecule has 3 aliphatic carbocycles. The summed E-state index contributed by atoms with van der Waals surface area (Å²) in [5.41, 5.74) is 1.70. The summed E-state index contributed by atoms with van der Waals surface area (Å²) in [5, 5.41) is 0. The van der Waals surface area contributed by atoms with Crippen LogP contribution in [0, 0.1) is 22.7 Å². The monoisotopic (exact) mass is 204 g/mol. The van der Waals surface area contributed by atoms with Crippen LogP contribution in [0.5, 0.6) is 0 Å². The van der Waals surface area contributed by atoms with E-state index in [0.29, 0.717) is 17.6 Å². The molecule has 0 radical (unpaired) electrons. The van der Waals surface area contributed by atoms with Crippen LogP contribution in [0.4, 0.5) is 0 Å². The first-order valence-corrected chi connectivity index (χ1v) is 6.21. The fourth-order valence-electron chi connectivity index (χ4n) is 4.74. The lowest BCUT2D eigenvalue weighted by Gasteiger charge is -2.47. The number of rotatable bonds is 0. The second-order valence-electron chi connectivity index (χ2n) is 6.36. The minimum Gasteiger partial charge on any atom is -0.299 e. The topological polar surface area (TPSA) is 17.1 Å². The van der Waals surface area contributed by atoms with Crippen molar-refractivity contribution in [2.45, 2.75) is 46.0 Å². The van der Waals surface area contributed by atoms with Gasteiger partial charge in [0.25, 0.3) is 0 Å². The molecule has 2 bridgehead atoms. The van der Waals surface area contributed by atoms with Crippen LogP contribution in [0.3, 0.4) is 0 Å². The molecule has 0 aromatic rings. The maximum Gasteiger partial charge on any atom is 0.139 e. The minimum absolute atomic E-state index is 0.0787. The number of ketones is 1. The van der Waals surface area contributed by atoms with Crippen molar-refractivity contribution in [1.29, 1.82) is 0 Å². The molecular weight excluding hydrogens is 184 g/mol. The molecule has 0 saturated heterocycles. The molecule has 1 spiro atoms. The van der Waals surface area contributed by atoms with Crippen LogP contribution in [0.15, 0.2) is 12.2 Å². The highest BCUT2D eigenvalue weighted by atomic mass is 16.1. The fourth-order valence-corrected chi connectivity index (χ4v) is 4.74. The fraction of sp³-hybridized carbons (Fsp3) is 0.786. The molecule has 1 heteroatoms. The lowest BCUT2D eigenvalue weighted by molar-refractivity contribution is -0.129. The summed E-state index contributed by atoms with van der Waals surface area (Å²) in [6.07, 6.45) is 5.42. The van der Waals surface area contributed by atoms with Crippen molar-refractivity contribution in [2.24, 2.45) is 22.7 Å².